The predicted molar refractivity (Wildman–Crippen MR) is 73.1 cm³/mol. The highest BCUT2D eigenvalue weighted by atomic mass is 79.9. The number of aryl methyl sites for hydroxylation is 1. The smallest absolute Gasteiger partial charge is 0.173 e. The van der Waals surface area contributed by atoms with Crippen molar-refractivity contribution in [1.82, 2.24) is 5.32 Å². The maximum absolute atomic E-state index is 5.29. The van der Waals surface area contributed by atoms with Gasteiger partial charge in [0, 0.05) is 11.6 Å². The van der Waals surface area contributed by atoms with E-state index in [0.717, 1.165) is 16.7 Å². The normalized spacial score (nSPS) is 12.6. The van der Waals surface area contributed by atoms with Crippen molar-refractivity contribution in [3.63, 3.8) is 0 Å². The topological polar surface area (TPSA) is 25.2 Å². The highest BCUT2D eigenvalue weighted by Crippen LogP contribution is 2.27. The Kier molecular flexibility index (Phi) is 4.02. The second-order valence-corrected chi connectivity index (χ2v) is 4.90. The number of halogens is 1. The lowest BCUT2D eigenvalue weighted by Gasteiger charge is -2.15. The summed E-state index contributed by atoms with van der Waals surface area (Å²) in [6.07, 6.45) is 2.66. The Balaban J connectivity index is 2.19. The third-order valence-corrected chi connectivity index (χ3v) is 3.54. The minimum absolute atomic E-state index is 0.268. The molecule has 1 atom stereocenters. The average Bonchev–Trinajstić information content (AvgIpc) is 2.72. The second kappa shape index (κ2) is 5.52. The molecule has 2 nitrogen and oxygen atoms in total. The number of hydrogen-bond donors (Lipinski definition) is 1. The summed E-state index contributed by atoms with van der Waals surface area (Å²) in [6, 6.07) is 10.9. The first kappa shape index (κ1) is 12.4. The fraction of sp³-hybridized carbons (Fsp3) is 0.286. The molecule has 3 heteroatoms. The third-order valence-electron chi connectivity index (χ3n) is 2.89. The number of furan rings is 1. The van der Waals surface area contributed by atoms with Crippen LogP contribution >= 0.6 is 15.9 Å². The lowest BCUT2D eigenvalue weighted by atomic mass is 10.00. The van der Waals surface area contributed by atoms with Crippen molar-refractivity contribution in [2.24, 2.45) is 0 Å². The first-order chi connectivity index (χ1) is 8.20. The molecule has 0 aliphatic rings. The zero-order valence-corrected chi connectivity index (χ0v) is 11.6. The monoisotopic (exact) mass is 293 g/mol. The van der Waals surface area contributed by atoms with Crippen LogP contribution in [0.5, 0.6) is 0 Å². The van der Waals surface area contributed by atoms with Gasteiger partial charge in [-0.15, -0.1) is 0 Å². The number of likely N-dealkylation sites (N-methyl/N-ethyl adjacent to an activating group) is 1. The molecule has 0 aliphatic carbocycles. The van der Waals surface area contributed by atoms with Gasteiger partial charge >= 0.3 is 0 Å². The molecule has 2 aromatic rings. The van der Waals surface area contributed by atoms with E-state index < -0.39 is 0 Å². The fourth-order valence-corrected chi connectivity index (χ4v) is 2.51. The minimum atomic E-state index is 0.268. The van der Waals surface area contributed by atoms with E-state index in [2.05, 4.69) is 52.4 Å². The van der Waals surface area contributed by atoms with Gasteiger partial charge in [0.1, 0.15) is 0 Å². The van der Waals surface area contributed by atoms with E-state index in [1.165, 1.54) is 11.1 Å². The standard InChI is InChI=1S/C14H16BrNO/c1-10-4-3-5-11(8-10)9-13(16-2)12-6-7-17-14(12)15/h3-8,13,16H,9H2,1-2H3. The van der Waals surface area contributed by atoms with Crippen LogP contribution in [0.1, 0.15) is 22.7 Å². The molecule has 0 bridgehead atoms. The molecular formula is C14H16BrNO. The van der Waals surface area contributed by atoms with Crippen LogP contribution in [0.15, 0.2) is 45.7 Å². The van der Waals surface area contributed by atoms with Gasteiger partial charge in [-0.3, -0.25) is 0 Å². The molecule has 0 fully saturated rings. The van der Waals surface area contributed by atoms with E-state index in [1.807, 2.05) is 13.1 Å². The van der Waals surface area contributed by atoms with Crippen LogP contribution in [0.4, 0.5) is 0 Å². The highest BCUT2D eigenvalue weighted by molar-refractivity contribution is 9.10. The van der Waals surface area contributed by atoms with Gasteiger partial charge < -0.3 is 9.73 Å². The van der Waals surface area contributed by atoms with Gasteiger partial charge in [0.25, 0.3) is 0 Å². The maximum Gasteiger partial charge on any atom is 0.173 e. The van der Waals surface area contributed by atoms with Crippen molar-refractivity contribution in [3.8, 4) is 0 Å². The quantitative estimate of drug-likeness (QED) is 0.926. The lowest BCUT2D eigenvalue weighted by Crippen LogP contribution is -2.18. The molecule has 0 aliphatic heterocycles. The van der Waals surface area contributed by atoms with Gasteiger partial charge in [-0.25, -0.2) is 0 Å². The van der Waals surface area contributed by atoms with E-state index in [1.54, 1.807) is 6.26 Å². The maximum atomic E-state index is 5.29. The van der Waals surface area contributed by atoms with Crippen LogP contribution in [0, 0.1) is 6.92 Å². The van der Waals surface area contributed by atoms with Crippen LogP contribution in [0.25, 0.3) is 0 Å². The van der Waals surface area contributed by atoms with Gasteiger partial charge in [0.05, 0.1) is 6.26 Å². The van der Waals surface area contributed by atoms with E-state index in [4.69, 9.17) is 4.42 Å². The summed E-state index contributed by atoms with van der Waals surface area (Å²) in [4.78, 5) is 0. The lowest BCUT2D eigenvalue weighted by molar-refractivity contribution is 0.518. The molecular weight excluding hydrogens is 278 g/mol. The molecule has 0 amide bonds. The third kappa shape index (κ3) is 2.99. The zero-order chi connectivity index (χ0) is 12.3. The summed E-state index contributed by atoms with van der Waals surface area (Å²) >= 11 is 3.43. The van der Waals surface area contributed by atoms with E-state index >= 15 is 0 Å². The number of nitrogens with one attached hydrogen (secondary N) is 1. The van der Waals surface area contributed by atoms with E-state index in [0.29, 0.717) is 0 Å². The SMILES string of the molecule is CNC(Cc1cccc(C)c1)c1ccoc1Br. The Morgan fingerprint density at radius 2 is 2.18 bits per heavy atom. The Morgan fingerprint density at radius 3 is 2.76 bits per heavy atom. The molecule has 1 N–H and O–H groups in total. The largest absolute Gasteiger partial charge is 0.457 e. The van der Waals surface area contributed by atoms with Gasteiger partial charge in [-0.05, 0) is 48.0 Å². The molecule has 1 heterocycles. The molecule has 0 spiro atoms. The van der Waals surface area contributed by atoms with Crippen molar-refractivity contribution in [2.45, 2.75) is 19.4 Å². The van der Waals surface area contributed by atoms with Crippen molar-refractivity contribution in [1.29, 1.82) is 0 Å². The first-order valence-corrected chi connectivity index (χ1v) is 6.45. The van der Waals surface area contributed by atoms with E-state index in [9.17, 15) is 0 Å². The predicted octanol–water partition coefficient (Wildman–Crippen LogP) is 3.85. The molecule has 17 heavy (non-hydrogen) atoms. The van der Waals surface area contributed by atoms with Crippen LogP contribution in [-0.2, 0) is 6.42 Å². The Morgan fingerprint density at radius 1 is 1.35 bits per heavy atom. The Bertz CT molecular complexity index is 492. The number of rotatable bonds is 4. The van der Waals surface area contributed by atoms with Crippen molar-refractivity contribution >= 4 is 15.9 Å². The summed E-state index contributed by atoms with van der Waals surface area (Å²) in [5.41, 5.74) is 3.79. The Labute approximate surface area is 110 Å². The van der Waals surface area contributed by atoms with Crippen molar-refractivity contribution in [2.75, 3.05) is 7.05 Å². The van der Waals surface area contributed by atoms with Gasteiger partial charge in [0.2, 0.25) is 0 Å². The van der Waals surface area contributed by atoms with E-state index in [-0.39, 0.29) is 6.04 Å². The van der Waals surface area contributed by atoms with Crippen LogP contribution in [-0.4, -0.2) is 7.05 Å². The highest BCUT2D eigenvalue weighted by Gasteiger charge is 2.15. The molecule has 1 aromatic carbocycles. The second-order valence-electron chi connectivity index (χ2n) is 4.18. The van der Waals surface area contributed by atoms with Gasteiger partial charge in [0.15, 0.2) is 4.67 Å². The molecule has 1 aromatic heterocycles. The summed E-state index contributed by atoms with van der Waals surface area (Å²) < 4.78 is 6.10. The summed E-state index contributed by atoms with van der Waals surface area (Å²) in [6.45, 7) is 2.12. The first-order valence-electron chi connectivity index (χ1n) is 5.66. The molecule has 2 rings (SSSR count). The molecule has 0 saturated heterocycles. The summed E-state index contributed by atoms with van der Waals surface area (Å²) in [5.74, 6) is 0. The summed E-state index contributed by atoms with van der Waals surface area (Å²) in [5, 5.41) is 3.32. The van der Waals surface area contributed by atoms with Crippen LogP contribution < -0.4 is 5.32 Å². The number of hydrogen-bond acceptors (Lipinski definition) is 2. The summed E-state index contributed by atoms with van der Waals surface area (Å²) in [7, 11) is 1.97. The van der Waals surface area contributed by atoms with Crippen molar-refractivity contribution < 1.29 is 4.42 Å². The molecule has 90 valence electrons. The minimum Gasteiger partial charge on any atom is -0.457 e. The molecule has 0 saturated carbocycles. The fourth-order valence-electron chi connectivity index (χ4n) is 2.00. The number of benzene rings is 1. The average molecular weight is 294 g/mol. The molecule has 1 unspecified atom stereocenters. The zero-order valence-electron chi connectivity index (χ0n) is 10.0. The molecule has 0 radical (unpaired) electrons. The Hall–Kier alpha value is -1.06. The van der Waals surface area contributed by atoms with Crippen LogP contribution in [0.2, 0.25) is 0 Å². The van der Waals surface area contributed by atoms with Gasteiger partial charge in [-0.1, -0.05) is 29.8 Å². The van der Waals surface area contributed by atoms with Crippen LogP contribution in [0.3, 0.4) is 0 Å². The van der Waals surface area contributed by atoms with Gasteiger partial charge in [-0.2, -0.15) is 0 Å². The van der Waals surface area contributed by atoms with Crippen molar-refractivity contribution in [3.05, 3.63) is 58.0 Å².